The molecular weight excluding hydrogens is 375 g/mol. The predicted octanol–water partition coefficient (Wildman–Crippen LogP) is 4.87. The van der Waals surface area contributed by atoms with Crippen LogP contribution >= 0.6 is 0 Å². The summed E-state index contributed by atoms with van der Waals surface area (Å²) in [6.45, 7) is 9.62. The number of benzene rings is 1. The van der Waals surface area contributed by atoms with Crippen molar-refractivity contribution in [1.82, 2.24) is 14.9 Å². The third kappa shape index (κ3) is 5.55. The molecule has 0 fully saturated rings. The molecule has 29 heavy (non-hydrogen) atoms. The van der Waals surface area contributed by atoms with E-state index in [-0.39, 0.29) is 27.3 Å². The first-order chi connectivity index (χ1) is 14.1. The number of hydrogen-bond donors (Lipinski definition) is 2. The summed E-state index contributed by atoms with van der Waals surface area (Å²) in [6.07, 6.45) is 4.47. The molecule has 0 saturated heterocycles. The fourth-order valence-electron chi connectivity index (χ4n) is 2.50. The van der Waals surface area contributed by atoms with Gasteiger partial charge in [-0.1, -0.05) is 26.5 Å². The molecule has 2 N–H and O–H groups in total. The number of hydroxylamine groups is 1. The number of anilines is 2. The van der Waals surface area contributed by atoms with Crippen LogP contribution in [0.15, 0.2) is 55.7 Å². The van der Waals surface area contributed by atoms with Crippen molar-refractivity contribution in [3.8, 4) is 0 Å². The van der Waals surface area contributed by atoms with Crippen molar-refractivity contribution in [1.29, 1.82) is 0 Å². The zero-order chi connectivity index (χ0) is 21.2. The number of carbonyl (C=O) groups is 1. The molecule has 0 spiro atoms. The molecule has 0 radical (unpaired) electrons. The number of amides is 1. The molecule has 3 aromatic rings. The normalized spacial score (nSPS) is 10.1. The number of aryl methyl sites for hydroxylation is 1. The smallest absolute Gasteiger partial charge is 0.278 e. The largest absolute Gasteiger partial charge is 0.499 e. The molecule has 0 saturated carbocycles. The number of fused-ring (bicyclic) bond motifs is 1. The number of nitrogens with one attached hydrogen (secondary N) is 2. The lowest BCUT2D eigenvalue weighted by Gasteiger charge is -2.15. The topological polar surface area (TPSA) is 76.9 Å². The molecule has 0 bridgehead atoms. The van der Waals surface area contributed by atoms with Crippen LogP contribution in [0.1, 0.15) is 32.6 Å². The standard InChI is InChI=1S/C19H19FN4O3.C2H6.2H2/c1-3-26-8-9-27-23-19(25)15-6-5-14-11-21-12-24(14)18(15)22-17-7-4-13(2)10-16(17)20;1-2;;/h3-7,10-12,22H,1,8-9H2,2H3,(H,23,25);1-2H3;2*1H. The first-order valence-electron chi connectivity index (χ1n) is 9.23. The molecule has 7 nitrogen and oxygen atoms in total. The highest BCUT2D eigenvalue weighted by atomic mass is 19.1. The lowest BCUT2D eigenvalue weighted by molar-refractivity contribution is 0.0145. The summed E-state index contributed by atoms with van der Waals surface area (Å²) < 4.78 is 20.9. The Morgan fingerprint density at radius 2 is 2.10 bits per heavy atom. The maximum Gasteiger partial charge on any atom is 0.278 e. The molecular formula is C21H29FN4O3. The van der Waals surface area contributed by atoms with Crippen molar-refractivity contribution in [3.05, 3.63) is 72.6 Å². The van der Waals surface area contributed by atoms with E-state index in [1.807, 2.05) is 13.8 Å². The third-order valence-electron chi connectivity index (χ3n) is 3.79. The van der Waals surface area contributed by atoms with Crippen molar-refractivity contribution in [2.24, 2.45) is 0 Å². The molecule has 158 valence electrons. The Bertz CT molecular complexity index is 982. The van der Waals surface area contributed by atoms with Crippen LogP contribution in [0.25, 0.3) is 5.52 Å². The number of hydrogen-bond acceptors (Lipinski definition) is 5. The van der Waals surface area contributed by atoms with E-state index in [1.54, 1.807) is 48.1 Å². The van der Waals surface area contributed by atoms with E-state index >= 15 is 0 Å². The Hall–Kier alpha value is -3.39. The first-order valence-corrected chi connectivity index (χ1v) is 9.23. The lowest BCUT2D eigenvalue weighted by Crippen LogP contribution is -2.26. The first kappa shape index (κ1) is 21.9. The fraction of sp³-hybridized carbons (Fsp3) is 0.238. The lowest BCUT2D eigenvalue weighted by atomic mass is 10.2. The molecule has 8 heteroatoms. The molecule has 2 heterocycles. The van der Waals surface area contributed by atoms with Gasteiger partial charge in [-0.15, -0.1) is 0 Å². The number of rotatable bonds is 8. The zero-order valence-corrected chi connectivity index (χ0v) is 16.7. The number of pyridine rings is 1. The zero-order valence-electron chi connectivity index (χ0n) is 16.7. The van der Waals surface area contributed by atoms with E-state index in [1.165, 1.54) is 12.3 Å². The van der Waals surface area contributed by atoms with Crippen LogP contribution < -0.4 is 10.8 Å². The average molecular weight is 404 g/mol. The van der Waals surface area contributed by atoms with Gasteiger partial charge in [0.2, 0.25) is 0 Å². The minimum absolute atomic E-state index is 0. The van der Waals surface area contributed by atoms with Gasteiger partial charge in [-0.2, -0.15) is 0 Å². The highest BCUT2D eigenvalue weighted by molar-refractivity contribution is 5.99. The number of carbonyl (C=O) groups excluding carboxylic acids is 1. The van der Waals surface area contributed by atoms with Crippen LogP contribution in [-0.2, 0) is 9.57 Å². The van der Waals surface area contributed by atoms with E-state index in [2.05, 4.69) is 22.4 Å². The summed E-state index contributed by atoms with van der Waals surface area (Å²) in [4.78, 5) is 21.7. The Labute approximate surface area is 172 Å². The molecule has 2 aromatic heterocycles. The maximum absolute atomic E-state index is 14.3. The van der Waals surface area contributed by atoms with Gasteiger partial charge in [0.1, 0.15) is 31.2 Å². The van der Waals surface area contributed by atoms with Crippen molar-refractivity contribution < 1.29 is 21.6 Å². The summed E-state index contributed by atoms with van der Waals surface area (Å²) >= 11 is 0. The molecule has 0 unspecified atom stereocenters. The monoisotopic (exact) mass is 404 g/mol. The minimum Gasteiger partial charge on any atom is -0.499 e. The second-order valence-electron chi connectivity index (χ2n) is 5.71. The van der Waals surface area contributed by atoms with Crippen LogP contribution in [0.3, 0.4) is 0 Å². The Morgan fingerprint density at radius 3 is 2.83 bits per heavy atom. The molecule has 3 rings (SSSR count). The van der Waals surface area contributed by atoms with Gasteiger partial charge >= 0.3 is 0 Å². The second-order valence-corrected chi connectivity index (χ2v) is 5.71. The van der Waals surface area contributed by atoms with Gasteiger partial charge in [0.15, 0.2) is 0 Å². The number of nitrogens with zero attached hydrogens (tertiary/aromatic N) is 2. The van der Waals surface area contributed by atoms with Crippen molar-refractivity contribution in [2.75, 3.05) is 18.5 Å². The summed E-state index contributed by atoms with van der Waals surface area (Å²) in [6, 6.07) is 8.16. The van der Waals surface area contributed by atoms with Crippen LogP contribution in [0.5, 0.6) is 0 Å². The molecule has 0 aliphatic carbocycles. The average Bonchev–Trinajstić information content (AvgIpc) is 3.20. The van der Waals surface area contributed by atoms with Crippen LogP contribution in [-0.4, -0.2) is 28.5 Å². The van der Waals surface area contributed by atoms with Crippen molar-refractivity contribution in [2.45, 2.75) is 20.8 Å². The molecule has 1 aromatic carbocycles. The fourth-order valence-corrected chi connectivity index (χ4v) is 2.50. The Kier molecular flexibility index (Phi) is 8.17. The minimum atomic E-state index is -0.487. The van der Waals surface area contributed by atoms with E-state index in [4.69, 9.17) is 9.57 Å². The van der Waals surface area contributed by atoms with Crippen molar-refractivity contribution in [3.63, 3.8) is 0 Å². The van der Waals surface area contributed by atoms with E-state index in [0.717, 1.165) is 11.1 Å². The van der Waals surface area contributed by atoms with E-state index < -0.39 is 11.7 Å². The third-order valence-corrected chi connectivity index (χ3v) is 3.79. The SMILES string of the molecule is C=COCCONC(=O)c1ccc2cncn2c1Nc1ccc(C)cc1F.CC.[HH].[HH]. The molecule has 1 amide bonds. The van der Waals surface area contributed by atoms with Gasteiger partial charge in [0.25, 0.3) is 5.91 Å². The second kappa shape index (κ2) is 10.8. The summed E-state index contributed by atoms with van der Waals surface area (Å²) in [5, 5.41) is 2.98. The summed E-state index contributed by atoms with van der Waals surface area (Å²) in [5.41, 5.74) is 4.41. The quantitative estimate of drug-likeness (QED) is 0.318. The molecule has 0 aliphatic rings. The number of halogens is 1. The van der Waals surface area contributed by atoms with Crippen molar-refractivity contribution >= 4 is 22.9 Å². The predicted molar refractivity (Wildman–Crippen MR) is 115 cm³/mol. The van der Waals surface area contributed by atoms with Gasteiger partial charge < -0.3 is 10.1 Å². The summed E-state index contributed by atoms with van der Waals surface area (Å²) in [5.74, 6) is -0.535. The Balaban J connectivity index is 0.00000219. The van der Waals surface area contributed by atoms with Gasteiger partial charge in [0.05, 0.1) is 29.2 Å². The van der Waals surface area contributed by atoms with Gasteiger partial charge in [0, 0.05) is 2.85 Å². The van der Waals surface area contributed by atoms with E-state index in [0.29, 0.717) is 5.82 Å². The van der Waals surface area contributed by atoms with E-state index in [9.17, 15) is 9.18 Å². The van der Waals surface area contributed by atoms with Gasteiger partial charge in [-0.3, -0.25) is 14.0 Å². The number of ether oxygens (including phenoxy) is 1. The van der Waals surface area contributed by atoms with Gasteiger partial charge in [-0.05, 0) is 36.8 Å². The molecule has 0 atom stereocenters. The summed E-state index contributed by atoms with van der Waals surface area (Å²) in [7, 11) is 0. The van der Waals surface area contributed by atoms with Crippen LogP contribution in [0, 0.1) is 12.7 Å². The highest BCUT2D eigenvalue weighted by Crippen LogP contribution is 2.25. The van der Waals surface area contributed by atoms with Gasteiger partial charge in [-0.25, -0.2) is 14.9 Å². The van der Waals surface area contributed by atoms with Crippen LogP contribution in [0.4, 0.5) is 15.9 Å². The maximum atomic E-state index is 14.3. The molecule has 0 aliphatic heterocycles. The number of imidazole rings is 1. The number of aromatic nitrogens is 2. The Morgan fingerprint density at radius 1 is 1.31 bits per heavy atom. The van der Waals surface area contributed by atoms with Crippen LogP contribution in [0.2, 0.25) is 0 Å². The highest BCUT2D eigenvalue weighted by Gasteiger charge is 2.17.